The van der Waals surface area contributed by atoms with E-state index < -0.39 is 0 Å². The molecule has 1 saturated heterocycles. The fourth-order valence-electron chi connectivity index (χ4n) is 3.51. The van der Waals surface area contributed by atoms with Gasteiger partial charge in [0, 0.05) is 31.3 Å². The number of Topliss-reactive ketones (excluding diaryl/α,β-unsaturated/α-hetero) is 1. The van der Waals surface area contributed by atoms with Gasteiger partial charge in [-0.05, 0) is 42.8 Å². The number of ketones is 1. The molecule has 0 atom stereocenters. The van der Waals surface area contributed by atoms with Gasteiger partial charge in [-0.3, -0.25) is 14.2 Å². The fourth-order valence-corrected chi connectivity index (χ4v) is 4.34. The number of morpholine rings is 1. The van der Waals surface area contributed by atoms with E-state index in [4.69, 9.17) is 4.74 Å². The van der Waals surface area contributed by atoms with Crippen molar-refractivity contribution in [1.29, 1.82) is 0 Å². The number of hydrogen-bond acceptors (Lipinski definition) is 7. The molecule has 8 nitrogen and oxygen atoms in total. The quantitative estimate of drug-likeness (QED) is 0.435. The average molecular weight is 452 g/mol. The summed E-state index contributed by atoms with van der Waals surface area (Å²) in [4.78, 5) is 26.1. The number of thioether (sulfide) groups is 1. The van der Waals surface area contributed by atoms with E-state index in [9.17, 15) is 9.59 Å². The van der Waals surface area contributed by atoms with Gasteiger partial charge in [-0.25, -0.2) is 0 Å². The lowest BCUT2D eigenvalue weighted by Gasteiger charge is -2.28. The first-order valence-electron chi connectivity index (χ1n) is 10.4. The van der Waals surface area contributed by atoms with Crippen LogP contribution in [0.3, 0.4) is 0 Å². The van der Waals surface area contributed by atoms with E-state index >= 15 is 0 Å². The van der Waals surface area contributed by atoms with Crippen molar-refractivity contribution in [2.24, 2.45) is 0 Å². The van der Waals surface area contributed by atoms with Gasteiger partial charge in [-0.15, -0.1) is 10.2 Å². The summed E-state index contributed by atoms with van der Waals surface area (Å²) >= 11 is 1.37. The van der Waals surface area contributed by atoms with Gasteiger partial charge in [-0.1, -0.05) is 30.0 Å². The van der Waals surface area contributed by atoms with Crippen molar-refractivity contribution in [2.75, 3.05) is 42.3 Å². The van der Waals surface area contributed by atoms with Crippen molar-refractivity contribution in [1.82, 2.24) is 14.8 Å². The van der Waals surface area contributed by atoms with Gasteiger partial charge in [0.05, 0.1) is 24.7 Å². The lowest BCUT2D eigenvalue weighted by Crippen LogP contribution is -2.38. The minimum Gasteiger partial charge on any atom is -0.378 e. The number of carbonyl (C=O) groups is 2. The Morgan fingerprint density at radius 2 is 1.78 bits per heavy atom. The molecule has 0 bridgehead atoms. The highest BCUT2D eigenvalue weighted by molar-refractivity contribution is 7.99. The number of carbonyl (C=O) groups excluding carboxylic acids is 2. The van der Waals surface area contributed by atoms with Gasteiger partial charge in [0.25, 0.3) is 0 Å². The van der Waals surface area contributed by atoms with Gasteiger partial charge in [0.1, 0.15) is 0 Å². The Hall–Kier alpha value is -3.17. The highest BCUT2D eigenvalue weighted by atomic mass is 32.2. The van der Waals surface area contributed by atoms with Gasteiger partial charge in [-0.2, -0.15) is 0 Å². The molecular formula is C23H25N5O3S. The van der Waals surface area contributed by atoms with Crippen LogP contribution in [0.15, 0.2) is 53.7 Å². The second-order valence-corrected chi connectivity index (χ2v) is 8.42. The maximum Gasteiger partial charge on any atom is 0.232 e. The van der Waals surface area contributed by atoms with E-state index in [1.54, 1.807) is 24.3 Å². The minimum atomic E-state index is -0.147. The third kappa shape index (κ3) is 5.00. The number of aromatic nitrogens is 3. The third-order valence-corrected chi connectivity index (χ3v) is 6.06. The summed E-state index contributed by atoms with van der Waals surface area (Å²) in [7, 11) is 0. The first kappa shape index (κ1) is 22.0. The van der Waals surface area contributed by atoms with Gasteiger partial charge in [0.2, 0.25) is 11.9 Å². The number of anilines is 2. The molecule has 9 heteroatoms. The smallest absolute Gasteiger partial charge is 0.232 e. The van der Waals surface area contributed by atoms with Crippen LogP contribution in [0.5, 0.6) is 0 Å². The zero-order valence-corrected chi connectivity index (χ0v) is 18.9. The first-order chi connectivity index (χ1) is 15.5. The van der Waals surface area contributed by atoms with E-state index in [-0.39, 0.29) is 17.4 Å². The Kier molecular flexibility index (Phi) is 6.87. The van der Waals surface area contributed by atoms with E-state index in [0.29, 0.717) is 29.6 Å². The molecule has 1 aliphatic heterocycles. The molecule has 2 heterocycles. The number of rotatable bonds is 7. The second kappa shape index (κ2) is 9.97. The summed E-state index contributed by atoms with van der Waals surface area (Å²) in [5.74, 6) is 0.826. The van der Waals surface area contributed by atoms with Crippen molar-refractivity contribution in [3.8, 4) is 5.69 Å². The molecule has 0 unspecified atom stereocenters. The molecule has 1 N–H and O–H groups in total. The topological polar surface area (TPSA) is 89.3 Å². The molecule has 166 valence electrons. The van der Waals surface area contributed by atoms with Crippen LogP contribution in [0.1, 0.15) is 22.8 Å². The summed E-state index contributed by atoms with van der Waals surface area (Å²) in [5, 5.41) is 12.2. The number of hydrogen-bond donors (Lipinski definition) is 1. The molecule has 1 aromatic heterocycles. The minimum absolute atomic E-state index is 0.0170. The Morgan fingerprint density at radius 3 is 2.47 bits per heavy atom. The molecule has 4 rings (SSSR count). The van der Waals surface area contributed by atoms with Crippen LogP contribution in [0.25, 0.3) is 5.69 Å². The van der Waals surface area contributed by atoms with Crippen LogP contribution in [-0.4, -0.2) is 58.5 Å². The molecule has 3 aromatic rings. The molecule has 0 aliphatic carbocycles. The van der Waals surface area contributed by atoms with Crippen molar-refractivity contribution < 1.29 is 14.3 Å². The van der Waals surface area contributed by atoms with Gasteiger partial charge >= 0.3 is 0 Å². The second-order valence-electron chi connectivity index (χ2n) is 7.47. The molecule has 32 heavy (non-hydrogen) atoms. The largest absolute Gasteiger partial charge is 0.378 e. The first-order valence-corrected chi connectivity index (χ1v) is 11.4. The summed E-state index contributed by atoms with van der Waals surface area (Å²) in [5.41, 5.74) is 3.34. The van der Waals surface area contributed by atoms with E-state index in [1.165, 1.54) is 18.7 Å². The molecule has 0 spiro atoms. The summed E-state index contributed by atoms with van der Waals surface area (Å²) in [6, 6.07) is 15.0. The number of nitrogens with one attached hydrogen (secondary N) is 1. The fraction of sp³-hybridized carbons (Fsp3) is 0.304. The Morgan fingerprint density at radius 1 is 1.06 bits per heavy atom. The summed E-state index contributed by atoms with van der Waals surface area (Å²) in [6.45, 7) is 6.29. The Balaban J connectivity index is 1.55. The molecule has 0 radical (unpaired) electrons. The van der Waals surface area contributed by atoms with Gasteiger partial charge in [0.15, 0.2) is 10.9 Å². The predicted octanol–water partition coefficient (Wildman–Crippen LogP) is 3.35. The molecule has 1 fully saturated rings. The molecule has 2 aromatic carbocycles. The van der Waals surface area contributed by atoms with Crippen LogP contribution >= 0.6 is 11.8 Å². The lowest BCUT2D eigenvalue weighted by molar-refractivity contribution is -0.114. The van der Waals surface area contributed by atoms with Crippen molar-refractivity contribution in [3.63, 3.8) is 0 Å². The van der Waals surface area contributed by atoms with Crippen molar-refractivity contribution in [2.45, 2.75) is 19.0 Å². The number of aryl methyl sites for hydroxylation is 1. The van der Waals surface area contributed by atoms with Crippen LogP contribution in [-0.2, 0) is 9.53 Å². The number of benzene rings is 2. The normalized spacial score (nSPS) is 13.8. The zero-order valence-electron chi connectivity index (χ0n) is 18.1. The maximum atomic E-state index is 12.8. The zero-order chi connectivity index (χ0) is 22.5. The highest BCUT2D eigenvalue weighted by Gasteiger charge is 2.23. The number of para-hydroxylation sites is 1. The van der Waals surface area contributed by atoms with Gasteiger partial charge < -0.3 is 15.0 Å². The van der Waals surface area contributed by atoms with Crippen LogP contribution in [0.2, 0.25) is 0 Å². The standard InChI is InChI=1S/C23H25N5O3S/c1-16-5-3-4-6-20(16)28-22(27-11-13-31-14-12-27)25-26-23(28)32-15-21(30)18-7-9-19(10-8-18)24-17(2)29/h3-10H,11-15H2,1-2H3,(H,24,29). The number of amides is 1. The number of ether oxygens (including phenoxy) is 1. The molecular weight excluding hydrogens is 426 g/mol. The molecule has 1 amide bonds. The monoisotopic (exact) mass is 451 g/mol. The van der Waals surface area contributed by atoms with E-state index in [0.717, 1.165) is 30.3 Å². The average Bonchev–Trinajstić information content (AvgIpc) is 3.22. The van der Waals surface area contributed by atoms with Crippen molar-refractivity contribution in [3.05, 3.63) is 59.7 Å². The van der Waals surface area contributed by atoms with Crippen LogP contribution in [0, 0.1) is 6.92 Å². The summed E-state index contributed by atoms with van der Waals surface area (Å²) < 4.78 is 7.51. The maximum absolute atomic E-state index is 12.8. The Labute approximate surface area is 191 Å². The molecule has 0 saturated carbocycles. The van der Waals surface area contributed by atoms with E-state index in [1.807, 2.05) is 22.8 Å². The highest BCUT2D eigenvalue weighted by Crippen LogP contribution is 2.29. The van der Waals surface area contributed by atoms with Crippen LogP contribution < -0.4 is 10.2 Å². The molecule has 1 aliphatic rings. The lowest BCUT2D eigenvalue weighted by atomic mass is 10.1. The van der Waals surface area contributed by atoms with Crippen molar-refractivity contribution >= 4 is 35.1 Å². The van der Waals surface area contributed by atoms with E-state index in [2.05, 4.69) is 33.4 Å². The third-order valence-electron chi connectivity index (χ3n) is 5.13. The van der Waals surface area contributed by atoms with Crippen LogP contribution in [0.4, 0.5) is 11.6 Å². The number of nitrogens with zero attached hydrogens (tertiary/aromatic N) is 4. The predicted molar refractivity (Wildman–Crippen MR) is 125 cm³/mol. The SMILES string of the molecule is CC(=O)Nc1ccc(C(=O)CSc2nnc(N3CCOCC3)n2-c2ccccc2C)cc1. The summed E-state index contributed by atoms with van der Waals surface area (Å²) in [6.07, 6.45) is 0. The Bertz CT molecular complexity index is 1110.